The Labute approximate surface area is 78.9 Å². The second-order valence-corrected chi connectivity index (χ2v) is 4.14. The summed E-state index contributed by atoms with van der Waals surface area (Å²) in [6.07, 6.45) is 2.26. The molecule has 2 rings (SSSR count). The Hall–Kier alpha value is -0.830. The molecule has 72 valence electrons. The first kappa shape index (κ1) is 8.75. The highest BCUT2D eigenvalue weighted by atomic mass is 15.3. The van der Waals surface area contributed by atoms with Crippen molar-refractivity contribution >= 4 is 0 Å². The van der Waals surface area contributed by atoms with Crippen LogP contribution in [0.3, 0.4) is 0 Å². The molecule has 0 unspecified atom stereocenters. The van der Waals surface area contributed by atoms with Gasteiger partial charge in [-0.1, -0.05) is 0 Å². The van der Waals surface area contributed by atoms with E-state index >= 15 is 0 Å². The Kier molecular flexibility index (Phi) is 1.91. The predicted molar refractivity (Wildman–Crippen MR) is 52.6 cm³/mol. The van der Waals surface area contributed by atoms with Crippen LogP contribution in [0.15, 0.2) is 0 Å². The van der Waals surface area contributed by atoms with Crippen LogP contribution in [0, 0.1) is 13.8 Å². The minimum absolute atomic E-state index is 0.420. The van der Waals surface area contributed by atoms with Gasteiger partial charge >= 0.3 is 0 Å². The number of nitrogens with two attached hydrogens (primary N) is 1. The van der Waals surface area contributed by atoms with Gasteiger partial charge in [-0.25, -0.2) is 0 Å². The first-order chi connectivity index (χ1) is 6.09. The van der Waals surface area contributed by atoms with Gasteiger partial charge in [0.25, 0.3) is 0 Å². The van der Waals surface area contributed by atoms with Gasteiger partial charge in [0.05, 0.1) is 5.69 Å². The highest BCUT2D eigenvalue weighted by Crippen LogP contribution is 2.38. The van der Waals surface area contributed by atoms with Crippen LogP contribution in [0.2, 0.25) is 0 Å². The molecule has 0 saturated heterocycles. The maximum atomic E-state index is 5.79. The smallest absolute Gasteiger partial charge is 0.0631 e. The highest BCUT2D eigenvalue weighted by Gasteiger charge is 2.31. The van der Waals surface area contributed by atoms with E-state index in [0.717, 1.165) is 12.8 Å². The van der Waals surface area contributed by atoms with Gasteiger partial charge in [-0.15, -0.1) is 0 Å². The largest absolute Gasteiger partial charge is 0.328 e. The summed E-state index contributed by atoms with van der Waals surface area (Å²) in [5.41, 5.74) is 9.70. The maximum Gasteiger partial charge on any atom is 0.0631 e. The van der Waals surface area contributed by atoms with Crippen molar-refractivity contribution in [2.24, 2.45) is 12.8 Å². The highest BCUT2D eigenvalue weighted by molar-refractivity contribution is 5.31. The van der Waals surface area contributed by atoms with Crippen LogP contribution in [0.4, 0.5) is 0 Å². The topological polar surface area (TPSA) is 43.8 Å². The van der Waals surface area contributed by atoms with E-state index in [9.17, 15) is 0 Å². The summed E-state index contributed by atoms with van der Waals surface area (Å²) in [6.45, 7) is 4.23. The van der Waals surface area contributed by atoms with Gasteiger partial charge in [-0.3, -0.25) is 4.68 Å². The normalized spacial score (nSPS) is 27.4. The quantitative estimate of drug-likeness (QED) is 0.705. The second-order valence-electron chi connectivity index (χ2n) is 4.14. The lowest BCUT2D eigenvalue weighted by Crippen LogP contribution is -2.35. The molecule has 1 saturated carbocycles. The van der Waals surface area contributed by atoms with Gasteiger partial charge in [0.1, 0.15) is 0 Å². The molecule has 0 aliphatic heterocycles. The SMILES string of the molecule is Cc1nn(C)c(C)c1C1CC(N)C1. The number of hydrogen-bond acceptors (Lipinski definition) is 2. The number of aryl methyl sites for hydroxylation is 2. The Balaban J connectivity index is 2.29. The first-order valence-electron chi connectivity index (χ1n) is 4.85. The van der Waals surface area contributed by atoms with E-state index in [1.807, 2.05) is 11.7 Å². The molecule has 1 aromatic heterocycles. The fraction of sp³-hybridized carbons (Fsp3) is 0.700. The Morgan fingerprint density at radius 1 is 1.38 bits per heavy atom. The van der Waals surface area contributed by atoms with Gasteiger partial charge in [0, 0.05) is 18.8 Å². The van der Waals surface area contributed by atoms with E-state index in [2.05, 4.69) is 18.9 Å². The summed E-state index contributed by atoms with van der Waals surface area (Å²) in [5.74, 6) is 0.670. The lowest BCUT2D eigenvalue weighted by atomic mass is 9.75. The molecule has 1 fully saturated rings. The number of nitrogens with zero attached hydrogens (tertiary/aromatic N) is 2. The molecule has 1 aromatic rings. The molecule has 0 amide bonds. The molecule has 0 spiro atoms. The zero-order chi connectivity index (χ0) is 9.59. The summed E-state index contributed by atoms with van der Waals surface area (Å²) in [5, 5.41) is 4.41. The number of hydrogen-bond donors (Lipinski definition) is 1. The third-order valence-corrected chi connectivity index (χ3v) is 3.15. The van der Waals surface area contributed by atoms with Gasteiger partial charge in [0.2, 0.25) is 0 Å². The predicted octanol–water partition coefficient (Wildman–Crippen LogP) is 1.24. The number of rotatable bonds is 1. The average Bonchev–Trinajstić information content (AvgIpc) is 2.22. The van der Waals surface area contributed by atoms with Crippen LogP contribution >= 0.6 is 0 Å². The van der Waals surface area contributed by atoms with Gasteiger partial charge in [-0.05, 0) is 38.2 Å². The van der Waals surface area contributed by atoms with Crippen molar-refractivity contribution in [2.45, 2.75) is 38.6 Å². The monoisotopic (exact) mass is 179 g/mol. The van der Waals surface area contributed by atoms with Crippen LogP contribution in [0.5, 0.6) is 0 Å². The Bertz CT molecular complexity index is 321. The molecule has 1 aliphatic rings. The van der Waals surface area contributed by atoms with E-state index in [1.54, 1.807) is 0 Å². The average molecular weight is 179 g/mol. The van der Waals surface area contributed by atoms with E-state index in [0.29, 0.717) is 12.0 Å². The van der Waals surface area contributed by atoms with Crippen LogP contribution in [0.25, 0.3) is 0 Å². The second kappa shape index (κ2) is 2.84. The minimum Gasteiger partial charge on any atom is -0.328 e. The Morgan fingerprint density at radius 3 is 2.38 bits per heavy atom. The van der Waals surface area contributed by atoms with Crippen molar-refractivity contribution in [3.8, 4) is 0 Å². The van der Waals surface area contributed by atoms with Crippen molar-refractivity contribution in [2.75, 3.05) is 0 Å². The molecule has 0 aromatic carbocycles. The Morgan fingerprint density at radius 2 is 2.00 bits per heavy atom. The molecule has 3 heteroatoms. The molecule has 0 bridgehead atoms. The van der Waals surface area contributed by atoms with Gasteiger partial charge in [0.15, 0.2) is 0 Å². The standard InChI is InChI=1S/C10H17N3/c1-6-10(7(2)13(3)12-6)8-4-9(11)5-8/h8-9H,4-5,11H2,1-3H3. The summed E-state index contributed by atoms with van der Waals surface area (Å²) < 4.78 is 1.97. The van der Waals surface area contributed by atoms with Gasteiger partial charge < -0.3 is 5.73 Å². The zero-order valence-electron chi connectivity index (χ0n) is 8.54. The summed E-state index contributed by atoms with van der Waals surface area (Å²) in [4.78, 5) is 0. The van der Waals surface area contributed by atoms with Crippen LogP contribution in [0.1, 0.15) is 35.7 Å². The van der Waals surface area contributed by atoms with Crippen molar-refractivity contribution in [3.05, 3.63) is 17.0 Å². The lowest BCUT2D eigenvalue weighted by Gasteiger charge is -2.32. The molecule has 2 N–H and O–H groups in total. The van der Waals surface area contributed by atoms with E-state index < -0.39 is 0 Å². The molecule has 0 radical (unpaired) electrons. The molecular weight excluding hydrogens is 162 g/mol. The van der Waals surface area contributed by atoms with Crippen molar-refractivity contribution < 1.29 is 0 Å². The minimum atomic E-state index is 0.420. The van der Waals surface area contributed by atoms with E-state index in [-0.39, 0.29) is 0 Å². The van der Waals surface area contributed by atoms with Gasteiger partial charge in [-0.2, -0.15) is 5.10 Å². The third kappa shape index (κ3) is 1.27. The first-order valence-corrected chi connectivity index (χ1v) is 4.85. The van der Waals surface area contributed by atoms with Crippen molar-refractivity contribution in [1.82, 2.24) is 9.78 Å². The number of aromatic nitrogens is 2. The lowest BCUT2D eigenvalue weighted by molar-refractivity contribution is 0.349. The fourth-order valence-corrected chi connectivity index (χ4v) is 2.28. The summed E-state index contributed by atoms with van der Waals surface area (Å²) in [6, 6.07) is 0.420. The molecule has 1 aliphatic carbocycles. The molecule has 1 heterocycles. The van der Waals surface area contributed by atoms with Crippen LogP contribution in [-0.4, -0.2) is 15.8 Å². The molecule has 13 heavy (non-hydrogen) atoms. The molecule has 0 atom stereocenters. The summed E-state index contributed by atoms with van der Waals surface area (Å²) in [7, 11) is 2.00. The maximum absolute atomic E-state index is 5.79. The van der Waals surface area contributed by atoms with Crippen molar-refractivity contribution in [3.63, 3.8) is 0 Å². The van der Waals surface area contributed by atoms with Crippen LogP contribution in [-0.2, 0) is 7.05 Å². The van der Waals surface area contributed by atoms with Crippen molar-refractivity contribution in [1.29, 1.82) is 0 Å². The molecular formula is C10H17N3. The van der Waals surface area contributed by atoms with E-state index in [4.69, 9.17) is 5.73 Å². The molecule has 3 nitrogen and oxygen atoms in total. The zero-order valence-corrected chi connectivity index (χ0v) is 8.54. The summed E-state index contributed by atoms with van der Waals surface area (Å²) >= 11 is 0. The van der Waals surface area contributed by atoms with Crippen LogP contribution < -0.4 is 5.73 Å². The fourth-order valence-electron chi connectivity index (χ4n) is 2.28. The van der Waals surface area contributed by atoms with E-state index in [1.165, 1.54) is 17.0 Å². The third-order valence-electron chi connectivity index (χ3n) is 3.15.